The molecule has 0 spiro atoms. The molecule has 0 aliphatic rings. The predicted octanol–water partition coefficient (Wildman–Crippen LogP) is 11.4. The van der Waals surface area contributed by atoms with E-state index < -0.39 is 0 Å². The number of hydrogen-bond acceptors (Lipinski definition) is 2. The molecule has 6 aromatic carbocycles. The van der Waals surface area contributed by atoms with Gasteiger partial charge in [-0.05, 0) is 53.2 Å². The van der Waals surface area contributed by atoms with Crippen LogP contribution in [-0.2, 0) is 0 Å². The maximum absolute atomic E-state index is 5.07. The SMILES string of the molecule is c1ccc(-c2nc3cccc4c5cc(-n6c7ccccc7c7c8sc9ccc%10ccccc%10c9c8ccc76)ccc5c2n34)cc1. The average Bonchev–Trinajstić information content (AvgIpc) is 3.85. The average molecular weight is 590 g/mol. The van der Waals surface area contributed by atoms with Gasteiger partial charge in [-0.2, -0.15) is 0 Å². The quantitative estimate of drug-likeness (QED) is 0.197. The fraction of sp³-hybridized carbons (Fsp3) is 0. The van der Waals surface area contributed by atoms with E-state index in [0.29, 0.717) is 0 Å². The van der Waals surface area contributed by atoms with E-state index in [4.69, 9.17) is 4.98 Å². The number of pyridine rings is 1. The van der Waals surface area contributed by atoms with E-state index in [1.807, 2.05) is 11.3 Å². The Balaban J connectivity index is 1.23. The van der Waals surface area contributed by atoms with Gasteiger partial charge in [-0.1, -0.05) is 97.1 Å². The highest BCUT2D eigenvalue weighted by Gasteiger charge is 2.21. The van der Waals surface area contributed by atoms with Gasteiger partial charge in [0.15, 0.2) is 0 Å². The molecule has 0 saturated carbocycles. The Kier molecular flexibility index (Phi) is 4.46. The minimum absolute atomic E-state index is 0.982. The Morgan fingerprint density at radius 3 is 2.24 bits per heavy atom. The third-order valence-corrected chi connectivity index (χ3v) is 10.8. The Bertz CT molecular complexity index is 2980. The number of nitrogens with zero attached hydrogens (tertiary/aromatic N) is 3. The summed E-state index contributed by atoms with van der Waals surface area (Å²) < 4.78 is 7.47. The van der Waals surface area contributed by atoms with Crippen LogP contribution in [0.5, 0.6) is 0 Å². The lowest BCUT2D eigenvalue weighted by atomic mass is 10.0. The van der Waals surface area contributed by atoms with E-state index in [1.54, 1.807) is 0 Å². The molecule has 4 heteroatoms. The summed E-state index contributed by atoms with van der Waals surface area (Å²) in [5.41, 5.74) is 9.15. The van der Waals surface area contributed by atoms with Gasteiger partial charge >= 0.3 is 0 Å². The molecule has 0 fully saturated rings. The van der Waals surface area contributed by atoms with Crippen molar-refractivity contribution in [1.82, 2.24) is 14.0 Å². The summed E-state index contributed by atoms with van der Waals surface area (Å²) in [6, 6.07) is 50.8. The summed E-state index contributed by atoms with van der Waals surface area (Å²) in [6.07, 6.45) is 0. The summed E-state index contributed by atoms with van der Waals surface area (Å²) in [6.45, 7) is 0. The highest BCUT2D eigenvalue weighted by atomic mass is 32.1. The van der Waals surface area contributed by atoms with Gasteiger partial charge in [0.05, 0.1) is 27.8 Å². The maximum atomic E-state index is 5.07. The van der Waals surface area contributed by atoms with Crippen LogP contribution in [0.15, 0.2) is 140 Å². The normalized spacial score (nSPS) is 12.4. The van der Waals surface area contributed by atoms with E-state index in [-0.39, 0.29) is 0 Å². The molecule has 0 aliphatic heterocycles. The predicted molar refractivity (Wildman–Crippen MR) is 192 cm³/mol. The van der Waals surface area contributed by atoms with Gasteiger partial charge in [0.1, 0.15) is 5.65 Å². The molecule has 11 aromatic rings. The van der Waals surface area contributed by atoms with Crippen molar-refractivity contribution in [2.24, 2.45) is 0 Å². The molecule has 0 N–H and O–H groups in total. The number of rotatable bonds is 2. The van der Waals surface area contributed by atoms with Crippen molar-refractivity contribution in [3.8, 4) is 16.9 Å². The van der Waals surface area contributed by atoms with Crippen molar-refractivity contribution < 1.29 is 0 Å². The molecule has 0 saturated heterocycles. The summed E-state index contributed by atoms with van der Waals surface area (Å²) in [4.78, 5) is 5.07. The van der Waals surface area contributed by atoms with Crippen molar-refractivity contribution in [3.05, 3.63) is 140 Å². The van der Waals surface area contributed by atoms with Crippen LogP contribution in [-0.4, -0.2) is 14.0 Å². The number of fused-ring (bicyclic) bond motifs is 12. The first-order valence-corrected chi connectivity index (χ1v) is 16.1. The number of thiophene rings is 1. The Hall–Kier alpha value is -5.71. The van der Waals surface area contributed by atoms with Crippen LogP contribution >= 0.6 is 11.3 Å². The molecule has 0 unspecified atom stereocenters. The first-order chi connectivity index (χ1) is 22.3. The first kappa shape index (κ1) is 23.7. The molecule has 0 bridgehead atoms. The number of hydrogen-bond donors (Lipinski definition) is 0. The van der Waals surface area contributed by atoms with E-state index >= 15 is 0 Å². The van der Waals surface area contributed by atoms with E-state index in [0.717, 1.165) is 16.9 Å². The number of benzene rings is 6. The molecule has 208 valence electrons. The lowest BCUT2D eigenvalue weighted by molar-refractivity contribution is 1.19. The lowest BCUT2D eigenvalue weighted by Crippen LogP contribution is -1.93. The summed E-state index contributed by atoms with van der Waals surface area (Å²) >= 11 is 1.91. The van der Waals surface area contributed by atoms with Crippen LogP contribution in [0.25, 0.3) is 97.1 Å². The monoisotopic (exact) mass is 589 g/mol. The van der Waals surface area contributed by atoms with Gasteiger partial charge in [-0.15, -0.1) is 11.3 Å². The van der Waals surface area contributed by atoms with Crippen molar-refractivity contribution >= 4 is 91.5 Å². The van der Waals surface area contributed by atoms with Crippen molar-refractivity contribution in [2.75, 3.05) is 0 Å². The molecule has 0 amide bonds. The highest BCUT2D eigenvalue weighted by Crippen LogP contribution is 2.46. The Labute approximate surface area is 261 Å². The zero-order chi connectivity index (χ0) is 29.2. The number of imidazole rings is 1. The third kappa shape index (κ3) is 3.02. The molecule has 45 heavy (non-hydrogen) atoms. The molecule has 0 radical (unpaired) electrons. The molecule has 5 heterocycles. The lowest BCUT2D eigenvalue weighted by Gasteiger charge is -2.09. The second kappa shape index (κ2) is 8.47. The largest absolute Gasteiger partial charge is 0.309 e. The highest BCUT2D eigenvalue weighted by molar-refractivity contribution is 7.27. The number of aromatic nitrogens is 3. The number of para-hydroxylation sites is 1. The van der Waals surface area contributed by atoms with E-state index in [1.165, 1.54) is 80.2 Å². The molecular weight excluding hydrogens is 567 g/mol. The summed E-state index contributed by atoms with van der Waals surface area (Å²) in [5.74, 6) is 0. The summed E-state index contributed by atoms with van der Waals surface area (Å²) in [5, 5.41) is 10.4. The topological polar surface area (TPSA) is 22.2 Å². The van der Waals surface area contributed by atoms with Crippen LogP contribution in [0, 0.1) is 0 Å². The van der Waals surface area contributed by atoms with E-state index in [2.05, 4.69) is 148 Å². The Morgan fingerprint density at radius 1 is 0.511 bits per heavy atom. The van der Waals surface area contributed by atoms with Gasteiger partial charge in [-0.3, -0.25) is 4.40 Å². The molecule has 5 aromatic heterocycles. The smallest absolute Gasteiger partial charge is 0.138 e. The van der Waals surface area contributed by atoms with Crippen LogP contribution in [0.4, 0.5) is 0 Å². The van der Waals surface area contributed by atoms with Crippen molar-refractivity contribution in [1.29, 1.82) is 0 Å². The van der Waals surface area contributed by atoms with Gasteiger partial charge < -0.3 is 4.57 Å². The molecular formula is C41H23N3S. The molecule has 0 aliphatic carbocycles. The first-order valence-electron chi connectivity index (χ1n) is 15.3. The standard InChI is InChI=1S/C41H23N3S/c1-2-10-25(11-3-1)39-40-28-19-18-26(23-31(28)33-15-8-16-36(42-39)44(33)40)43-32-14-7-6-13-29(32)38-34(43)21-20-30-37-27-12-5-4-9-24(27)17-22-35(37)45-41(30)38/h1-23H. The van der Waals surface area contributed by atoms with Crippen molar-refractivity contribution in [3.63, 3.8) is 0 Å². The fourth-order valence-electron chi connectivity index (χ4n) is 7.77. The minimum atomic E-state index is 0.982. The van der Waals surface area contributed by atoms with Gasteiger partial charge in [0, 0.05) is 53.0 Å². The van der Waals surface area contributed by atoms with Gasteiger partial charge in [0.2, 0.25) is 0 Å². The zero-order valence-corrected chi connectivity index (χ0v) is 24.8. The van der Waals surface area contributed by atoms with Gasteiger partial charge in [-0.25, -0.2) is 4.98 Å². The second-order valence-electron chi connectivity index (χ2n) is 12.0. The van der Waals surface area contributed by atoms with Crippen LogP contribution in [0.1, 0.15) is 0 Å². The maximum Gasteiger partial charge on any atom is 0.138 e. The Morgan fingerprint density at radius 2 is 1.31 bits per heavy atom. The molecule has 0 atom stereocenters. The van der Waals surface area contributed by atoms with Crippen molar-refractivity contribution in [2.45, 2.75) is 0 Å². The summed E-state index contributed by atoms with van der Waals surface area (Å²) in [7, 11) is 0. The van der Waals surface area contributed by atoms with Crippen LogP contribution in [0.2, 0.25) is 0 Å². The molecule has 3 nitrogen and oxygen atoms in total. The van der Waals surface area contributed by atoms with E-state index in [9.17, 15) is 0 Å². The fourth-order valence-corrected chi connectivity index (χ4v) is 9.05. The second-order valence-corrected chi connectivity index (χ2v) is 13.0. The zero-order valence-electron chi connectivity index (χ0n) is 24.0. The van der Waals surface area contributed by atoms with Crippen LogP contribution < -0.4 is 0 Å². The molecule has 11 rings (SSSR count). The van der Waals surface area contributed by atoms with Gasteiger partial charge in [0.25, 0.3) is 0 Å². The van der Waals surface area contributed by atoms with Crippen LogP contribution in [0.3, 0.4) is 0 Å². The minimum Gasteiger partial charge on any atom is -0.309 e. The third-order valence-electron chi connectivity index (χ3n) is 9.65.